The molecule has 0 aliphatic carbocycles. The first-order valence-corrected chi connectivity index (χ1v) is 6.32. The summed E-state index contributed by atoms with van der Waals surface area (Å²) < 4.78 is 5.28. The van der Waals surface area contributed by atoms with Crippen molar-refractivity contribution in [3.8, 4) is 0 Å². The molecule has 1 saturated heterocycles. The number of nitro benzene ring substituents is 1. The van der Waals surface area contributed by atoms with E-state index in [1.54, 1.807) is 0 Å². The molecule has 1 aromatic carbocycles. The molecule has 2 atom stereocenters. The monoisotopic (exact) mass is 294 g/mol. The molecule has 8 heteroatoms. The largest absolute Gasteiger partial charge is 0.478 e. The third kappa shape index (κ3) is 3.34. The highest BCUT2D eigenvalue weighted by molar-refractivity contribution is 6.01. The van der Waals surface area contributed by atoms with E-state index in [9.17, 15) is 19.7 Å². The second-order valence-electron chi connectivity index (χ2n) is 4.86. The average molecular weight is 294 g/mol. The van der Waals surface area contributed by atoms with E-state index in [4.69, 9.17) is 9.84 Å². The van der Waals surface area contributed by atoms with Gasteiger partial charge in [-0.05, 0) is 19.4 Å². The summed E-state index contributed by atoms with van der Waals surface area (Å²) in [5, 5.41) is 22.3. The standard InChI is InChI=1S/C13H14N2O6/c1-7-4-8(6-21-7)12(16)14-11-5-9(15(19)20)2-3-10(11)13(17)18/h2-3,5,7-8H,4,6H2,1H3,(H,14,16)(H,17,18). The molecule has 0 radical (unpaired) electrons. The topological polar surface area (TPSA) is 119 Å². The van der Waals surface area contributed by atoms with E-state index in [1.165, 1.54) is 0 Å². The van der Waals surface area contributed by atoms with Gasteiger partial charge in [0.1, 0.15) is 0 Å². The predicted molar refractivity (Wildman–Crippen MR) is 72.2 cm³/mol. The first kappa shape index (κ1) is 14.9. The van der Waals surface area contributed by atoms with E-state index in [-0.39, 0.29) is 35.6 Å². The van der Waals surface area contributed by atoms with Crippen molar-refractivity contribution in [1.82, 2.24) is 0 Å². The fraction of sp³-hybridized carbons (Fsp3) is 0.385. The minimum atomic E-state index is -1.27. The Labute approximate surface area is 119 Å². The maximum atomic E-state index is 12.1. The molecular formula is C13H14N2O6. The number of hydrogen-bond donors (Lipinski definition) is 2. The molecule has 0 aromatic heterocycles. The molecule has 2 unspecified atom stereocenters. The predicted octanol–water partition coefficient (Wildman–Crippen LogP) is 1.66. The van der Waals surface area contributed by atoms with E-state index in [0.717, 1.165) is 18.2 Å². The van der Waals surface area contributed by atoms with Crippen LogP contribution in [0.4, 0.5) is 11.4 Å². The van der Waals surface area contributed by atoms with E-state index in [1.807, 2.05) is 6.92 Å². The van der Waals surface area contributed by atoms with E-state index in [2.05, 4.69) is 5.32 Å². The molecule has 1 fully saturated rings. The minimum absolute atomic E-state index is 0.0372. The number of carboxylic acid groups (broad SMARTS) is 1. The zero-order chi connectivity index (χ0) is 15.6. The number of ether oxygens (including phenoxy) is 1. The molecule has 112 valence electrons. The second-order valence-corrected chi connectivity index (χ2v) is 4.86. The van der Waals surface area contributed by atoms with Crippen LogP contribution in [0.2, 0.25) is 0 Å². The van der Waals surface area contributed by atoms with Crippen molar-refractivity contribution in [2.45, 2.75) is 19.4 Å². The summed E-state index contributed by atoms with van der Waals surface area (Å²) in [6.45, 7) is 2.09. The van der Waals surface area contributed by atoms with Crippen LogP contribution in [-0.2, 0) is 9.53 Å². The van der Waals surface area contributed by atoms with Crippen LogP contribution in [0.5, 0.6) is 0 Å². The van der Waals surface area contributed by atoms with Crippen molar-refractivity contribution >= 4 is 23.3 Å². The Morgan fingerprint density at radius 3 is 2.71 bits per heavy atom. The Morgan fingerprint density at radius 1 is 1.48 bits per heavy atom. The summed E-state index contributed by atoms with van der Waals surface area (Å²) in [6.07, 6.45) is 0.494. The van der Waals surface area contributed by atoms with Crippen molar-refractivity contribution in [2.24, 2.45) is 5.92 Å². The summed E-state index contributed by atoms with van der Waals surface area (Å²) in [6, 6.07) is 3.23. The number of nitrogens with zero attached hydrogens (tertiary/aromatic N) is 1. The van der Waals surface area contributed by atoms with Gasteiger partial charge in [-0.1, -0.05) is 0 Å². The lowest BCUT2D eigenvalue weighted by molar-refractivity contribution is -0.384. The second kappa shape index (κ2) is 5.88. The normalized spacial score (nSPS) is 21.0. The minimum Gasteiger partial charge on any atom is -0.478 e. The molecule has 8 nitrogen and oxygen atoms in total. The summed E-state index contributed by atoms with van der Waals surface area (Å²) in [4.78, 5) is 33.3. The lowest BCUT2D eigenvalue weighted by Gasteiger charge is -2.11. The molecule has 0 saturated carbocycles. The average Bonchev–Trinajstić information content (AvgIpc) is 2.85. The number of hydrogen-bond acceptors (Lipinski definition) is 5. The molecule has 0 bridgehead atoms. The highest BCUT2D eigenvalue weighted by atomic mass is 16.6. The van der Waals surface area contributed by atoms with Gasteiger partial charge in [0, 0.05) is 12.1 Å². The van der Waals surface area contributed by atoms with Crippen LogP contribution in [-0.4, -0.2) is 34.6 Å². The number of carboxylic acids is 1. The van der Waals surface area contributed by atoms with E-state index >= 15 is 0 Å². The van der Waals surface area contributed by atoms with Gasteiger partial charge in [0.05, 0.1) is 34.8 Å². The van der Waals surface area contributed by atoms with Crippen LogP contribution >= 0.6 is 0 Å². The molecule has 1 amide bonds. The smallest absolute Gasteiger partial charge is 0.337 e. The molecule has 0 spiro atoms. The molecule has 2 N–H and O–H groups in total. The van der Waals surface area contributed by atoms with Crippen molar-refractivity contribution < 1.29 is 24.4 Å². The molecule has 1 aliphatic rings. The number of non-ortho nitro benzene ring substituents is 1. The van der Waals surface area contributed by atoms with Gasteiger partial charge in [0.15, 0.2) is 0 Å². The first-order chi connectivity index (χ1) is 9.88. The highest BCUT2D eigenvalue weighted by Gasteiger charge is 2.29. The van der Waals surface area contributed by atoms with Crippen LogP contribution in [0.15, 0.2) is 18.2 Å². The Kier molecular flexibility index (Phi) is 4.18. The maximum absolute atomic E-state index is 12.1. The van der Waals surface area contributed by atoms with Crippen LogP contribution in [0.3, 0.4) is 0 Å². The number of aromatic carboxylic acids is 1. The van der Waals surface area contributed by atoms with Gasteiger partial charge in [-0.15, -0.1) is 0 Å². The number of anilines is 1. The first-order valence-electron chi connectivity index (χ1n) is 6.32. The maximum Gasteiger partial charge on any atom is 0.337 e. The van der Waals surface area contributed by atoms with E-state index < -0.39 is 16.8 Å². The van der Waals surface area contributed by atoms with Gasteiger partial charge in [0.25, 0.3) is 5.69 Å². The Bertz CT molecular complexity index is 600. The number of carbonyl (C=O) groups excluding carboxylic acids is 1. The van der Waals surface area contributed by atoms with Crippen LogP contribution in [0.25, 0.3) is 0 Å². The van der Waals surface area contributed by atoms with Gasteiger partial charge in [0.2, 0.25) is 5.91 Å². The zero-order valence-electron chi connectivity index (χ0n) is 11.2. The molecule has 21 heavy (non-hydrogen) atoms. The molecule has 1 aliphatic heterocycles. The fourth-order valence-corrected chi connectivity index (χ4v) is 2.17. The number of benzene rings is 1. The molecule has 1 heterocycles. The van der Waals surface area contributed by atoms with Crippen molar-refractivity contribution in [3.05, 3.63) is 33.9 Å². The molecule has 2 rings (SSSR count). The van der Waals surface area contributed by atoms with E-state index in [0.29, 0.717) is 6.42 Å². The molecular weight excluding hydrogens is 280 g/mol. The Balaban J connectivity index is 2.24. The lowest BCUT2D eigenvalue weighted by atomic mass is 10.0. The van der Waals surface area contributed by atoms with Crippen molar-refractivity contribution in [2.75, 3.05) is 11.9 Å². The number of carbonyl (C=O) groups is 2. The van der Waals surface area contributed by atoms with Crippen LogP contribution in [0, 0.1) is 16.0 Å². The Hall–Kier alpha value is -2.48. The Morgan fingerprint density at radius 2 is 2.19 bits per heavy atom. The van der Waals surface area contributed by atoms with Crippen molar-refractivity contribution in [1.29, 1.82) is 0 Å². The van der Waals surface area contributed by atoms with Gasteiger partial charge in [-0.25, -0.2) is 4.79 Å². The number of nitro groups is 1. The highest BCUT2D eigenvalue weighted by Crippen LogP contribution is 2.25. The van der Waals surface area contributed by atoms with Gasteiger partial charge in [-0.3, -0.25) is 14.9 Å². The molecule has 1 aromatic rings. The SMILES string of the molecule is CC1CC(C(=O)Nc2cc([N+](=O)[O-])ccc2C(=O)O)CO1. The summed E-state index contributed by atoms with van der Waals surface area (Å²) in [5.74, 6) is -2.06. The zero-order valence-corrected chi connectivity index (χ0v) is 11.2. The number of nitrogens with one attached hydrogen (secondary N) is 1. The van der Waals surface area contributed by atoms with Gasteiger partial charge < -0.3 is 15.2 Å². The van der Waals surface area contributed by atoms with Crippen LogP contribution < -0.4 is 5.32 Å². The van der Waals surface area contributed by atoms with Gasteiger partial charge >= 0.3 is 5.97 Å². The van der Waals surface area contributed by atoms with Crippen LogP contribution in [0.1, 0.15) is 23.7 Å². The summed E-state index contributed by atoms with van der Waals surface area (Å²) >= 11 is 0. The quantitative estimate of drug-likeness (QED) is 0.643. The summed E-state index contributed by atoms with van der Waals surface area (Å²) in [5.41, 5.74) is -0.562. The van der Waals surface area contributed by atoms with Crippen molar-refractivity contribution in [3.63, 3.8) is 0 Å². The number of amides is 1. The van der Waals surface area contributed by atoms with Gasteiger partial charge in [-0.2, -0.15) is 0 Å². The summed E-state index contributed by atoms with van der Waals surface area (Å²) in [7, 11) is 0. The number of rotatable bonds is 4. The fourth-order valence-electron chi connectivity index (χ4n) is 2.17. The third-order valence-corrected chi connectivity index (χ3v) is 3.27. The lowest BCUT2D eigenvalue weighted by Crippen LogP contribution is -2.24. The third-order valence-electron chi connectivity index (χ3n) is 3.27.